The second-order valence-electron chi connectivity index (χ2n) is 6.99. The molecule has 2 amide bonds. The van der Waals surface area contributed by atoms with Crippen molar-refractivity contribution >= 4 is 24.0 Å². The number of hydrogen-bond donors (Lipinski definition) is 2. The van der Waals surface area contributed by atoms with Gasteiger partial charge >= 0.3 is 0 Å². The number of amides is 2. The first-order valence-electron chi connectivity index (χ1n) is 9.77. The molecule has 2 N–H and O–H groups in total. The molecule has 0 saturated carbocycles. The predicted molar refractivity (Wildman–Crippen MR) is 112 cm³/mol. The van der Waals surface area contributed by atoms with E-state index in [0.29, 0.717) is 17.3 Å². The largest absolute Gasteiger partial charge is 0.339 e. The molecule has 0 radical (unpaired) electrons. The Morgan fingerprint density at radius 3 is 2.41 bits per heavy atom. The summed E-state index contributed by atoms with van der Waals surface area (Å²) < 4.78 is 0. The molecule has 2 heterocycles. The third-order valence-corrected chi connectivity index (χ3v) is 5.02. The quantitative estimate of drug-likeness (QED) is 0.465. The van der Waals surface area contributed by atoms with Crippen LogP contribution in [0.2, 0.25) is 0 Å². The summed E-state index contributed by atoms with van der Waals surface area (Å²) in [7, 11) is 0. The van der Waals surface area contributed by atoms with Crippen LogP contribution in [0.25, 0.3) is 12.2 Å². The highest BCUT2D eigenvalue weighted by molar-refractivity contribution is 5.92. The van der Waals surface area contributed by atoms with E-state index in [9.17, 15) is 9.59 Å². The molecule has 1 aromatic carbocycles. The van der Waals surface area contributed by atoms with Crippen molar-refractivity contribution < 1.29 is 14.8 Å². The Balaban J connectivity index is 1.59. The van der Waals surface area contributed by atoms with Gasteiger partial charge in [-0.25, -0.2) is 10.5 Å². The first kappa shape index (κ1) is 20.5. The number of rotatable bonds is 5. The Bertz CT molecular complexity index is 893. The zero-order chi connectivity index (χ0) is 20.5. The number of carbonyl (C=O) groups excluding carboxylic acids is 2. The van der Waals surface area contributed by atoms with Crippen molar-refractivity contribution in [3.8, 4) is 0 Å². The van der Waals surface area contributed by atoms with Crippen molar-refractivity contribution in [1.29, 1.82) is 0 Å². The second kappa shape index (κ2) is 10.3. The van der Waals surface area contributed by atoms with Crippen LogP contribution in [-0.2, 0) is 9.59 Å². The average Bonchev–Trinajstić information content (AvgIpc) is 3.03. The van der Waals surface area contributed by atoms with Gasteiger partial charge in [0.1, 0.15) is 0 Å². The number of nitrogens with zero attached hydrogens (tertiary/aromatic N) is 2. The molecule has 0 aliphatic carbocycles. The minimum absolute atomic E-state index is 0.0129. The lowest BCUT2D eigenvalue weighted by Crippen LogP contribution is -2.30. The zero-order valence-electron chi connectivity index (χ0n) is 16.2. The summed E-state index contributed by atoms with van der Waals surface area (Å²) in [6.45, 7) is 1.51. The molecule has 6 heteroatoms. The molecule has 1 unspecified atom stereocenters. The predicted octanol–water partition coefficient (Wildman–Crippen LogP) is 3.41. The van der Waals surface area contributed by atoms with Crippen molar-refractivity contribution in [3.63, 3.8) is 0 Å². The Morgan fingerprint density at radius 2 is 1.69 bits per heavy atom. The second-order valence-corrected chi connectivity index (χ2v) is 6.99. The molecule has 1 fully saturated rings. The first-order valence-corrected chi connectivity index (χ1v) is 9.77. The molecule has 1 saturated heterocycles. The Morgan fingerprint density at radius 1 is 0.966 bits per heavy atom. The molecule has 2 aromatic rings. The van der Waals surface area contributed by atoms with Gasteiger partial charge in [-0.2, -0.15) is 0 Å². The van der Waals surface area contributed by atoms with Crippen molar-refractivity contribution in [2.24, 2.45) is 0 Å². The van der Waals surface area contributed by atoms with Gasteiger partial charge in [0.05, 0.1) is 11.4 Å². The number of benzene rings is 1. The van der Waals surface area contributed by atoms with Crippen LogP contribution in [0.4, 0.5) is 0 Å². The Kier molecular flexibility index (Phi) is 7.30. The third kappa shape index (κ3) is 6.12. The summed E-state index contributed by atoms with van der Waals surface area (Å²) in [5.74, 6) is -0.141. The highest BCUT2D eigenvalue weighted by atomic mass is 16.5. The highest BCUT2D eigenvalue weighted by Crippen LogP contribution is 2.27. The topological polar surface area (TPSA) is 82.5 Å². The third-order valence-electron chi connectivity index (χ3n) is 5.02. The number of carbonyl (C=O) groups is 2. The number of nitrogens with one attached hydrogen (secondary N) is 1. The fraction of sp³-hybridized carbons (Fsp3) is 0.261. The number of pyridine rings is 1. The van der Waals surface area contributed by atoms with E-state index in [1.807, 2.05) is 11.0 Å². The number of likely N-dealkylation sites (tertiary alicyclic amines) is 1. The SMILES string of the molecule is O=C(C=Cc1cccc(C=CC(=O)N2CCCC(c3ccccc3)CC2)n1)NO. The smallest absolute Gasteiger partial charge is 0.267 e. The number of hydroxylamine groups is 1. The molecule has 6 nitrogen and oxygen atoms in total. The van der Waals surface area contributed by atoms with Gasteiger partial charge < -0.3 is 4.90 Å². The van der Waals surface area contributed by atoms with Crippen molar-refractivity contribution in [3.05, 3.63) is 77.6 Å². The van der Waals surface area contributed by atoms with E-state index in [0.717, 1.165) is 32.4 Å². The number of aromatic nitrogens is 1. The van der Waals surface area contributed by atoms with Crippen LogP contribution >= 0.6 is 0 Å². The van der Waals surface area contributed by atoms with E-state index in [1.54, 1.807) is 30.4 Å². The van der Waals surface area contributed by atoms with Gasteiger partial charge in [0.25, 0.3) is 5.91 Å². The zero-order valence-corrected chi connectivity index (χ0v) is 16.2. The van der Waals surface area contributed by atoms with Crippen LogP contribution in [0, 0.1) is 0 Å². The maximum absolute atomic E-state index is 12.6. The normalized spacial score (nSPS) is 17.4. The molecule has 1 aromatic heterocycles. The van der Waals surface area contributed by atoms with Gasteiger partial charge in [0.2, 0.25) is 5.91 Å². The maximum atomic E-state index is 12.6. The van der Waals surface area contributed by atoms with Crippen molar-refractivity contribution in [1.82, 2.24) is 15.4 Å². The first-order chi connectivity index (χ1) is 14.2. The van der Waals surface area contributed by atoms with Gasteiger partial charge in [0, 0.05) is 25.2 Å². The van der Waals surface area contributed by atoms with Crippen LogP contribution < -0.4 is 5.48 Å². The minimum atomic E-state index is -0.627. The molecule has 1 atom stereocenters. The van der Waals surface area contributed by atoms with Gasteiger partial charge in [-0.15, -0.1) is 0 Å². The fourth-order valence-electron chi connectivity index (χ4n) is 3.49. The summed E-state index contributed by atoms with van der Waals surface area (Å²) in [5.41, 5.74) is 4.06. The summed E-state index contributed by atoms with van der Waals surface area (Å²) in [4.78, 5) is 29.9. The maximum Gasteiger partial charge on any atom is 0.267 e. The van der Waals surface area contributed by atoms with E-state index in [4.69, 9.17) is 5.21 Å². The monoisotopic (exact) mass is 391 g/mol. The van der Waals surface area contributed by atoms with Gasteiger partial charge in [-0.3, -0.25) is 14.8 Å². The fourth-order valence-corrected chi connectivity index (χ4v) is 3.49. The summed E-state index contributed by atoms with van der Waals surface area (Å²) in [5, 5.41) is 8.51. The molecule has 0 bridgehead atoms. The standard InChI is InChI=1S/C23H25N3O3/c27-22(25-29)13-11-20-9-4-10-21(24-20)12-14-23(28)26-16-5-8-19(15-17-26)18-6-2-1-3-7-18/h1-4,6-7,9-14,19,29H,5,8,15-17H2,(H,25,27). The Labute approximate surface area is 170 Å². The molecular formula is C23H25N3O3. The highest BCUT2D eigenvalue weighted by Gasteiger charge is 2.20. The molecule has 0 spiro atoms. The van der Waals surface area contributed by atoms with E-state index in [1.165, 1.54) is 23.2 Å². The molecular weight excluding hydrogens is 366 g/mol. The lowest BCUT2D eigenvalue weighted by Gasteiger charge is -2.19. The molecule has 150 valence electrons. The molecule has 1 aliphatic rings. The van der Waals surface area contributed by atoms with Gasteiger partial charge in [-0.1, -0.05) is 36.4 Å². The van der Waals surface area contributed by atoms with E-state index >= 15 is 0 Å². The summed E-state index contributed by atoms with van der Waals surface area (Å²) in [6.07, 6.45) is 8.96. The van der Waals surface area contributed by atoms with Crippen LogP contribution in [0.15, 0.2) is 60.7 Å². The lowest BCUT2D eigenvalue weighted by atomic mass is 9.92. The lowest BCUT2D eigenvalue weighted by molar-refractivity contribution is -0.126. The van der Waals surface area contributed by atoms with E-state index < -0.39 is 5.91 Å². The number of hydrogen-bond acceptors (Lipinski definition) is 4. The Hall–Kier alpha value is -3.25. The summed E-state index contributed by atoms with van der Waals surface area (Å²) >= 11 is 0. The molecule has 3 rings (SSSR count). The van der Waals surface area contributed by atoms with Crippen LogP contribution in [0.3, 0.4) is 0 Å². The average molecular weight is 391 g/mol. The van der Waals surface area contributed by atoms with Crippen LogP contribution in [0.5, 0.6) is 0 Å². The van der Waals surface area contributed by atoms with Crippen molar-refractivity contribution in [2.45, 2.75) is 25.2 Å². The van der Waals surface area contributed by atoms with Gasteiger partial charge in [0.15, 0.2) is 0 Å². The van der Waals surface area contributed by atoms with Gasteiger partial charge in [-0.05, 0) is 55.0 Å². The van der Waals surface area contributed by atoms with Crippen LogP contribution in [0.1, 0.15) is 42.1 Å². The van der Waals surface area contributed by atoms with Crippen LogP contribution in [-0.4, -0.2) is 40.0 Å². The summed E-state index contributed by atoms with van der Waals surface area (Å²) in [6, 6.07) is 15.8. The van der Waals surface area contributed by atoms with E-state index in [2.05, 4.69) is 29.2 Å². The molecule has 1 aliphatic heterocycles. The van der Waals surface area contributed by atoms with E-state index in [-0.39, 0.29) is 5.91 Å². The van der Waals surface area contributed by atoms with Crippen molar-refractivity contribution in [2.75, 3.05) is 13.1 Å². The molecule has 29 heavy (non-hydrogen) atoms. The minimum Gasteiger partial charge on any atom is -0.339 e.